The van der Waals surface area contributed by atoms with Gasteiger partial charge in [0, 0.05) is 32.1 Å². The fourth-order valence-corrected chi connectivity index (χ4v) is 2.47. The molecule has 0 spiro atoms. The average molecular weight is 266 g/mol. The minimum atomic E-state index is -0.0475. The van der Waals surface area contributed by atoms with Crippen molar-refractivity contribution in [3.05, 3.63) is 23.4 Å². The molecule has 5 nitrogen and oxygen atoms in total. The number of nitrogens with zero attached hydrogens (tertiary/aromatic N) is 3. The molecule has 0 N–H and O–H groups in total. The molecule has 0 unspecified atom stereocenters. The van der Waals surface area contributed by atoms with Crippen molar-refractivity contribution in [1.82, 2.24) is 9.88 Å². The van der Waals surface area contributed by atoms with Crippen LogP contribution in [-0.2, 0) is 9.59 Å². The normalized spacial score (nSPS) is 20.5. The zero-order valence-corrected chi connectivity index (χ0v) is 10.4. The molecule has 94 valence electrons. The van der Waals surface area contributed by atoms with Crippen molar-refractivity contribution in [2.75, 3.05) is 18.0 Å². The van der Waals surface area contributed by atoms with Gasteiger partial charge in [0.05, 0.1) is 11.1 Å². The van der Waals surface area contributed by atoms with Gasteiger partial charge in [-0.2, -0.15) is 0 Å². The number of aromatic nitrogens is 1. The second kappa shape index (κ2) is 4.24. The number of likely N-dealkylation sites (tertiary alicyclic amines) is 1. The SMILES string of the molecule is O=C1CCC(=O)N1C1CN(c2ccc(Cl)cn2)C1. The molecule has 0 radical (unpaired) electrons. The van der Waals surface area contributed by atoms with E-state index >= 15 is 0 Å². The summed E-state index contributed by atoms with van der Waals surface area (Å²) >= 11 is 5.77. The minimum Gasteiger partial charge on any atom is -0.352 e. The lowest BCUT2D eigenvalue weighted by atomic mass is 10.1. The number of carbonyl (C=O) groups excluding carboxylic acids is 2. The minimum absolute atomic E-state index is 0.00461. The summed E-state index contributed by atoms with van der Waals surface area (Å²) in [7, 11) is 0. The molecule has 2 fully saturated rings. The summed E-state index contributed by atoms with van der Waals surface area (Å²) in [6.45, 7) is 1.32. The number of halogens is 1. The van der Waals surface area contributed by atoms with Gasteiger partial charge in [0.15, 0.2) is 0 Å². The molecule has 18 heavy (non-hydrogen) atoms. The lowest BCUT2D eigenvalue weighted by Crippen LogP contribution is -2.61. The van der Waals surface area contributed by atoms with Gasteiger partial charge in [-0.3, -0.25) is 14.5 Å². The van der Waals surface area contributed by atoms with Gasteiger partial charge in [0.1, 0.15) is 5.82 Å². The average Bonchev–Trinajstić information content (AvgIpc) is 2.61. The number of hydrogen-bond donors (Lipinski definition) is 0. The van der Waals surface area contributed by atoms with Gasteiger partial charge < -0.3 is 4.90 Å². The first-order chi connectivity index (χ1) is 8.65. The molecular weight excluding hydrogens is 254 g/mol. The Morgan fingerprint density at radius 3 is 2.39 bits per heavy atom. The smallest absolute Gasteiger partial charge is 0.230 e. The summed E-state index contributed by atoms with van der Waals surface area (Å²) in [6.07, 6.45) is 2.30. The highest BCUT2D eigenvalue weighted by atomic mass is 35.5. The topological polar surface area (TPSA) is 53.5 Å². The van der Waals surface area contributed by atoms with Gasteiger partial charge >= 0.3 is 0 Å². The van der Waals surface area contributed by atoms with Gasteiger partial charge in [-0.1, -0.05) is 11.6 Å². The molecule has 0 atom stereocenters. The highest BCUT2D eigenvalue weighted by Crippen LogP contribution is 2.26. The third kappa shape index (κ3) is 1.84. The van der Waals surface area contributed by atoms with Crippen molar-refractivity contribution in [1.29, 1.82) is 0 Å². The summed E-state index contributed by atoms with van der Waals surface area (Å²) < 4.78 is 0. The molecule has 2 aliphatic rings. The molecule has 2 amide bonds. The zero-order valence-electron chi connectivity index (χ0n) is 9.67. The Labute approximate surface area is 109 Å². The van der Waals surface area contributed by atoms with Crippen LogP contribution in [0.25, 0.3) is 0 Å². The number of amides is 2. The molecule has 2 aliphatic heterocycles. The van der Waals surface area contributed by atoms with Crippen LogP contribution >= 0.6 is 11.6 Å². The molecule has 6 heteroatoms. The van der Waals surface area contributed by atoms with Crippen LogP contribution in [0.3, 0.4) is 0 Å². The maximum Gasteiger partial charge on any atom is 0.230 e. The summed E-state index contributed by atoms with van der Waals surface area (Å²) in [5.74, 6) is 0.733. The third-order valence-electron chi connectivity index (χ3n) is 3.35. The first-order valence-electron chi connectivity index (χ1n) is 5.86. The highest BCUT2D eigenvalue weighted by Gasteiger charge is 2.41. The lowest BCUT2D eigenvalue weighted by molar-refractivity contribution is -0.141. The molecule has 1 aromatic rings. The molecular formula is C12H12ClN3O2. The van der Waals surface area contributed by atoms with Gasteiger partial charge in [0.2, 0.25) is 11.8 Å². The summed E-state index contributed by atoms with van der Waals surface area (Å²) in [4.78, 5) is 30.8. The molecule has 0 bridgehead atoms. The number of hydrogen-bond acceptors (Lipinski definition) is 4. The largest absolute Gasteiger partial charge is 0.352 e. The van der Waals surface area contributed by atoms with Crippen LogP contribution in [0, 0.1) is 0 Å². The predicted molar refractivity (Wildman–Crippen MR) is 66.3 cm³/mol. The Morgan fingerprint density at radius 2 is 1.83 bits per heavy atom. The number of rotatable bonds is 2. The Hall–Kier alpha value is -1.62. The zero-order chi connectivity index (χ0) is 12.7. The van der Waals surface area contributed by atoms with Gasteiger partial charge in [-0.15, -0.1) is 0 Å². The van der Waals surface area contributed by atoms with Crippen LogP contribution in [-0.4, -0.2) is 40.8 Å². The number of pyridine rings is 1. The van der Waals surface area contributed by atoms with Crippen molar-refractivity contribution in [2.24, 2.45) is 0 Å². The van der Waals surface area contributed by atoms with Crippen LogP contribution in [0.15, 0.2) is 18.3 Å². The number of carbonyl (C=O) groups is 2. The fraction of sp³-hybridized carbons (Fsp3) is 0.417. The maximum absolute atomic E-state index is 11.6. The summed E-state index contributed by atoms with van der Waals surface area (Å²) in [5.41, 5.74) is 0. The Balaban J connectivity index is 1.65. The van der Waals surface area contributed by atoms with Crippen molar-refractivity contribution in [3.8, 4) is 0 Å². The van der Waals surface area contributed by atoms with Crippen LogP contribution in [0.4, 0.5) is 5.82 Å². The maximum atomic E-state index is 11.6. The second-order valence-electron chi connectivity index (χ2n) is 4.55. The number of imide groups is 1. The van der Waals surface area contributed by atoms with Gasteiger partial charge in [-0.05, 0) is 12.1 Å². The summed E-state index contributed by atoms with van der Waals surface area (Å²) in [5, 5.41) is 0.598. The first kappa shape index (κ1) is 11.5. The molecule has 0 aromatic carbocycles. The molecule has 0 aliphatic carbocycles. The third-order valence-corrected chi connectivity index (χ3v) is 3.58. The first-order valence-corrected chi connectivity index (χ1v) is 6.24. The van der Waals surface area contributed by atoms with E-state index in [9.17, 15) is 9.59 Å². The Bertz CT molecular complexity index is 481. The quantitative estimate of drug-likeness (QED) is 0.751. The van der Waals surface area contributed by atoms with Gasteiger partial charge in [-0.25, -0.2) is 4.98 Å². The number of anilines is 1. The van der Waals surface area contributed by atoms with E-state index in [0.717, 1.165) is 5.82 Å². The Morgan fingerprint density at radius 1 is 1.17 bits per heavy atom. The van der Waals surface area contributed by atoms with E-state index in [0.29, 0.717) is 31.0 Å². The second-order valence-corrected chi connectivity index (χ2v) is 4.99. The van der Waals surface area contributed by atoms with Crippen LogP contribution < -0.4 is 4.90 Å². The predicted octanol–water partition coefficient (Wildman–Crippen LogP) is 1.07. The van der Waals surface area contributed by atoms with E-state index in [1.165, 1.54) is 4.90 Å². The van der Waals surface area contributed by atoms with E-state index in [1.807, 2.05) is 11.0 Å². The fourth-order valence-electron chi connectivity index (χ4n) is 2.36. The van der Waals surface area contributed by atoms with Gasteiger partial charge in [0.25, 0.3) is 0 Å². The molecule has 3 heterocycles. The van der Waals surface area contributed by atoms with Crippen LogP contribution in [0.1, 0.15) is 12.8 Å². The van der Waals surface area contributed by atoms with Crippen molar-refractivity contribution < 1.29 is 9.59 Å². The molecule has 3 rings (SSSR count). The van der Waals surface area contributed by atoms with E-state index in [1.54, 1.807) is 12.3 Å². The highest BCUT2D eigenvalue weighted by molar-refractivity contribution is 6.30. The van der Waals surface area contributed by atoms with Crippen molar-refractivity contribution in [2.45, 2.75) is 18.9 Å². The van der Waals surface area contributed by atoms with Crippen LogP contribution in [0.2, 0.25) is 5.02 Å². The van der Waals surface area contributed by atoms with E-state index in [2.05, 4.69) is 4.98 Å². The standard InChI is InChI=1S/C12H12ClN3O2/c13-8-1-2-10(14-5-8)15-6-9(7-15)16-11(17)3-4-12(16)18/h1-2,5,9H,3-4,6-7H2. The molecule has 1 aromatic heterocycles. The van der Waals surface area contributed by atoms with E-state index < -0.39 is 0 Å². The molecule has 0 saturated carbocycles. The lowest BCUT2D eigenvalue weighted by Gasteiger charge is -2.43. The monoisotopic (exact) mass is 265 g/mol. The summed E-state index contributed by atoms with van der Waals surface area (Å²) in [6, 6.07) is 3.63. The van der Waals surface area contributed by atoms with Crippen LogP contribution in [0.5, 0.6) is 0 Å². The van der Waals surface area contributed by atoms with E-state index in [-0.39, 0.29) is 17.9 Å². The van der Waals surface area contributed by atoms with E-state index in [4.69, 9.17) is 11.6 Å². The van der Waals surface area contributed by atoms with Crippen molar-refractivity contribution >= 4 is 29.2 Å². The van der Waals surface area contributed by atoms with Crippen molar-refractivity contribution in [3.63, 3.8) is 0 Å². The molecule has 2 saturated heterocycles. The Kier molecular flexibility index (Phi) is 2.70.